The Morgan fingerprint density at radius 1 is 1.28 bits per heavy atom. The zero-order chi connectivity index (χ0) is 22.9. The van der Waals surface area contributed by atoms with Crippen molar-refractivity contribution >= 4 is 17.3 Å². The standard InChI is InChI=1S/C22H30N2O2S.C3H6O2/c1-25-18-7-15-27-19(18)16-23-13-10-21(20-6-2-5-12-24-20)11-14-26-22(17-21)8-3-4-9-22;1-2-3(4)5/h2,5-7,12,15,23H,3-4,8-11,13-14,16-17H2,1H3;2H2,1H3,(H,4,5)/t21-;/m1./s1. The van der Waals surface area contributed by atoms with Crippen molar-refractivity contribution in [2.75, 3.05) is 20.3 Å². The molecule has 1 aliphatic heterocycles. The highest BCUT2D eigenvalue weighted by molar-refractivity contribution is 7.10. The Morgan fingerprint density at radius 2 is 2.06 bits per heavy atom. The first kappa shape index (κ1) is 24.7. The van der Waals surface area contributed by atoms with E-state index in [1.165, 1.54) is 36.3 Å². The van der Waals surface area contributed by atoms with Gasteiger partial charge in [0.25, 0.3) is 0 Å². The van der Waals surface area contributed by atoms with Gasteiger partial charge in [-0.1, -0.05) is 25.8 Å². The molecule has 0 unspecified atom stereocenters. The number of thiophene rings is 1. The molecule has 1 saturated heterocycles. The van der Waals surface area contributed by atoms with Gasteiger partial charge >= 0.3 is 5.97 Å². The maximum absolute atomic E-state index is 9.37. The molecule has 2 aromatic rings. The molecule has 2 aliphatic rings. The fourth-order valence-electron chi connectivity index (χ4n) is 4.97. The molecule has 2 aromatic heterocycles. The number of rotatable bonds is 8. The molecule has 7 heteroatoms. The monoisotopic (exact) mass is 460 g/mol. The number of carboxylic acid groups (broad SMARTS) is 1. The van der Waals surface area contributed by atoms with E-state index in [-0.39, 0.29) is 17.4 Å². The normalized spacial score (nSPS) is 21.7. The first-order valence-corrected chi connectivity index (χ1v) is 12.5. The highest BCUT2D eigenvalue weighted by atomic mass is 32.1. The lowest BCUT2D eigenvalue weighted by atomic mass is 9.68. The summed E-state index contributed by atoms with van der Waals surface area (Å²) >= 11 is 1.75. The first-order chi connectivity index (χ1) is 15.5. The number of aromatic nitrogens is 1. The van der Waals surface area contributed by atoms with Crippen LogP contribution in [-0.4, -0.2) is 41.9 Å². The minimum absolute atomic E-state index is 0.0900. The van der Waals surface area contributed by atoms with Crippen molar-refractivity contribution in [3.63, 3.8) is 0 Å². The fraction of sp³-hybridized carbons (Fsp3) is 0.600. The smallest absolute Gasteiger partial charge is 0.303 e. The summed E-state index contributed by atoms with van der Waals surface area (Å²) in [5.41, 5.74) is 1.46. The Bertz CT molecular complexity index is 835. The van der Waals surface area contributed by atoms with Crippen LogP contribution < -0.4 is 10.1 Å². The largest absolute Gasteiger partial charge is 0.496 e. The Hall–Kier alpha value is -1.96. The highest BCUT2D eigenvalue weighted by Crippen LogP contribution is 2.49. The molecular weight excluding hydrogens is 424 g/mol. The predicted molar refractivity (Wildman–Crippen MR) is 127 cm³/mol. The van der Waals surface area contributed by atoms with Gasteiger partial charge in [-0.25, -0.2) is 0 Å². The van der Waals surface area contributed by atoms with Crippen molar-refractivity contribution in [3.05, 3.63) is 46.4 Å². The van der Waals surface area contributed by atoms with E-state index in [1.54, 1.807) is 25.4 Å². The number of hydrogen-bond donors (Lipinski definition) is 2. The van der Waals surface area contributed by atoms with Crippen molar-refractivity contribution in [2.24, 2.45) is 0 Å². The van der Waals surface area contributed by atoms with Crippen LogP contribution in [0.3, 0.4) is 0 Å². The molecule has 1 saturated carbocycles. The van der Waals surface area contributed by atoms with Gasteiger partial charge in [0.1, 0.15) is 5.75 Å². The molecule has 2 fully saturated rings. The lowest BCUT2D eigenvalue weighted by molar-refractivity contribution is -0.136. The Labute approximate surface area is 195 Å². The Balaban J connectivity index is 0.000000523. The van der Waals surface area contributed by atoms with Crippen molar-refractivity contribution in [2.45, 2.75) is 75.9 Å². The van der Waals surface area contributed by atoms with Crippen LogP contribution in [0.1, 0.15) is 68.9 Å². The van der Waals surface area contributed by atoms with E-state index in [0.717, 1.165) is 44.7 Å². The van der Waals surface area contributed by atoms with E-state index in [2.05, 4.69) is 22.8 Å². The SMILES string of the molecule is CCC(=O)O.COc1ccsc1CNCC[C@@]1(c2ccccn2)CCOC2(CCCC2)C1. The van der Waals surface area contributed by atoms with E-state index in [9.17, 15) is 4.79 Å². The number of methoxy groups -OCH3 is 1. The van der Waals surface area contributed by atoms with Gasteiger partial charge in [0, 0.05) is 36.9 Å². The lowest BCUT2D eigenvalue weighted by Crippen LogP contribution is -2.47. The minimum Gasteiger partial charge on any atom is -0.496 e. The predicted octanol–water partition coefficient (Wildman–Crippen LogP) is 5.17. The summed E-state index contributed by atoms with van der Waals surface area (Å²) in [7, 11) is 1.74. The molecule has 32 heavy (non-hydrogen) atoms. The third-order valence-electron chi connectivity index (χ3n) is 6.67. The van der Waals surface area contributed by atoms with Gasteiger partial charge in [-0.2, -0.15) is 0 Å². The van der Waals surface area contributed by atoms with Gasteiger partial charge in [0.2, 0.25) is 0 Å². The zero-order valence-electron chi connectivity index (χ0n) is 19.3. The van der Waals surface area contributed by atoms with Gasteiger partial charge in [-0.3, -0.25) is 9.78 Å². The van der Waals surface area contributed by atoms with E-state index < -0.39 is 5.97 Å². The molecule has 6 nitrogen and oxygen atoms in total. The number of pyridine rings is 1. The Kier molecular flexibility index (Phi) is 9.08. The van der Waals surface area contributed by atoms with Crippen LogP contribution in [0.4, 0.5) is 0 Å². The van der Waals surface area contributed by atoms with E-state index in [1.807, 2.05) is 18.3 Å². The molecule has 0 amide bonds. The van der Waals surface area contributed by atoms with Gasteiger partial charge in [-0.05, 0) is 62.2 Å². The number of aliphatic carboxylic acids is 1. The summed E-state index contributed by atoms with van der Waals surface area (Å²) < 4.78 is 11.8. The lowest BCUT2D eigenvalue weighted by Gasteiger charge is -2.46. The fourth-order valence-corrected chi connectivity index (χ4v) is 5.77. The summed E-state index contributed by atoms with van der Waals surface area (Å²) in [6.07, 6.45) is 10.5. The summed E-state index contributed by atoms with van der Waals surface area (Å²) in [4.78, 5) is 15.4. The van der Waals surface area contributed by atoms with Crippen LogP contribution in [0.2, 0.25) is 0 Å². The van der Waals surface area contributed by atoms with Gasteiger partial charge in [0.15, 0.2) is 0 Å². The third kappa shape index (κ3) is 6.30. The Morgan fingerprint density at radius 3 is 2.72 bits per heavy atom. The average molecular weight is 461 g/mol. The topological polar surface area (TPSA) is 80.7 Å². The molecule has 0 bridgehead atoms. The third-order valence-corrected chi connectivity index (χ3v) is 7.57. The summed E-state index contributed by atoms with van der Waals surface area (Å²) in [5, 5.41) is 13.5. The highest BCUT2D eigenvalue weighted by Gasteiger charge is 2.48. The summed E-state index contributed by atoms with van der Waals surface area (Å²) in [6.45, 7) is 4.30. The molecular formula is C25H36N2O4S. The van der Waals surface area contributed by atoms with E-state index in [0.29, 0.717) is 0 Å². The van der Waals surface area contributed by atoms with Crippen LogP contribution in [0.5, 0.6) is 5.75 Å². The van der Waals surface area contributed by atoms with Crippen LogP contribution in [0.25, 0.3) is 0 Å². The van der Waals surface area contributed by atoms with Crippen LogP contribution in [0.15, 0.2) is 35.8 Å². The molecule has 4 rings (SSSR count). The van der Waals surface area contributed by atoms with Crippen LogP contribution in [0, 0.1) is 0 Å². The molecule has 3 heterocycles. The molecule has 1 aliphatic carbocycles. The number of ether oxygens (including phenoxy) is 2. The van der Waals surface area contributed by atoms with Crippen molar-refractivity contribution in [1.82, 2.24) is 10.3 Å². The maximum atomic E-state index is 9.37. The molecule has 0 aromatic carbocycles. The molecule has 1 atom stereocenters. The van der Waals surface area contributed by atoms with Gasteiger partial charge in [-0.15, -0.1) is 11.3 Å². The van der Waals surface area contributed by atoms with Crippen molar-refractivity contribution < 1.29 is 19.4 Å². The second-order valence-corrected chi connectivity index (χ2v) is 9.75. The van der Waals surface area contributed by atoms with Crippen molar-refractivity contribution in [3.8, 4) is 5.75 Å². The second-order valence-electron chi connectivity index (χ2n) is 8.75. The molecule has 176 valence electrons. The van der Waals surface area contributed by atoms with Gasteiger partial charge < -0.3 is 19.9 Å². The number of nitrogens with zero attached hydrogens (tertiary/aromatic N) is 1. The van der Waals surface area contributed by atoms with E-state index in [4.69, 9.17) is 19.6 Å². The minimum atomic E-state index is -0.745. The number of carboxylic acids is 1. The van der Waals surface area contributed by atoms with Crippen LogP contribution >= 0.6 is 11.3 Å². The first-order valence-electron chi connectivity index (χ1n) is 11.6. The van der Waals surface area contributed by atoms with Crippen LogP contribution in [-0.2, 0) is 21.5 Å². The van der Waals surface area contributed by atoms with Gasteiger partial charge in [0.05, 0.1) is 17.6 Å². The molecule has 1 spiro atoms. The average Bonchev–Trinajstić information content (AvgIpc) is 3.47. The number of nitrogens with one attached hydrogen (secondary N) is 1. The van der Waals surface area contributed by atoms with E-state index >= 15 is 0 Å². The summed E-state index contributed by atoms with van der Waals surface area (Å²) in [5.74, 6) is 0.243. The molecule has 2 N–H and O–H groups in total. The number of hydrogen-bond acceptors (Lipinski definition) is 6. The maximum Gasteiger partial charge on any atom is 0.303 e. The number of carbonyl (C=O) groups is 1. The summed E-state index contributed by atoms with van der Waals surface area (Å²) in [6, 6.07) is 8.41. The second kappa shape index (κ2) is 11.8. The van der Waals surface area contributed by atoms with Crippen molar-refractivity contribution in [1.29, 1.82) is 0 Å². The quantitative estimate of drug-likeness (QED) is 0.529. The zero-order valence-corrected chi connectivity index (χ0v) is 20.1. The molecule has 0 radical (unpaired) electrons.